The number of aliphatic hydroxyl groups excluding tert-OH is 2. The van der Waals surface area contributed by atoms with E-state index in [0.29, 0.717) is 31.5 Å². The highest BCUT2D eigenvalue weighted by Crippen LogP contribution is 2.40. The fourth-order valence-corrected chi connectivity index (χ4v) is 12.7. The van der Waals surface area contributed by atoms with Gasteiger partial charge in [0, 0.05) is 88.3 Å². The highest BCUT2D eigenvalue weighted by atomic mass is 16.7. The van der Waals surface area contributed by atoms with Crippen molar-refractivity contribution >= 4 is 29.3 Å². The summed E-state index contributed by atoms with van der Waals surface area (Å²) in [4.78, 5) is 72.8. The van der Waals surface area contributed by atoms with E-state index in [1.807, 2.05) is 41.5 Å². The highest BCUT2D eigenvalue weighted by Gasteiger charge is 2.52. The number of ether oxygens (including phenoxy) is 10. The molecule has 1 aromatic heterocycles. The Balaban J connectivity index is 1.38. The summed E-state index contributed by atoms with van der Waals surface area (Å²) in [5.74, 6) is -7.51. The van der Waals surface area contributed by atoms with Crippen molar-refractivity contribution in [3.63, 3.8) is 0 Å². The molecule has 4 N–H and O–H groups in total. The largest absolute Gasteiger partial charge is 0.461 e. The van der Waals surface area contributed by atoms with Crippen molar-refractivity contribution in [2.45, 2.75) is 238 Å². The van der Waals surface area contributed by atoms with Crippen LogP contribution in [0.3, 0.4) is 0 Å². The first kappa shape index (κ1) is 66.3. The second-order valence-corrected chi connectivity index (χ2v) is 24.5. The Bertz CT molecular complexity index is 2220. The lowest BCUT2D eigenvalue weighted by Crippen LogP contribution is -2.59. The topological polar surface area (TPSA) is 284 Å². The van der Waals surface area contributed by atoms with E-state index in [1.54, 1.807) is 34.6 Å². The van der Waals surface area contributed by atoms with Gasteiger partial charge in [0.1, 0.15) is 55.0 Å². The molecule has 2 unspecified atom stereocenters. The van der Waals surface area contributed by atoms with Crippen LogP contribution in [0, 0.1) is 41.4 Å². The zero-order valence-corrected chi connectivity index (χ0v) is 50.5. The predicted molar refractivity (Wildman–Crippen MR) is 293 cm³/mol. The van der Waals surface area contributed by atoms with E-state index in [9.17, 15) is 24.9 Å². The number of Topliss-reactive ketones (excluding diaryl/α,β-unsaturated/α-hetero) is 1. The summed E-state index contributed by atoms with van der Waals surface area (Å²) in [6.07, 6.45) is -6.79. The number of oxime groups is 1. The molecule has 1 aliphatic carbocycles. The molecule has 1 aromatic rings. The van der Waals surface area contributed by atoms with Crippen LogP contribution >= 0.6 is 0 Å². The van der Waals surface area contributed by atoms with E-state index in [0.717, 1.165) is 0 Å². The van der Waals surface area contributed by atoms with Crippen LogP contribution in [-0.4, -0.2) is 204 Å². The molecule has 23 heteroatoms. The second-order valence-electron chi connectivity index (χ2n) is 24.5. The van der Waals surface area contributed by atoms with Crippen molar-refractivity contribution in [1.29, 1.82) is 0 Å². The molecular weight excluding hydrogens is 1050 g/mol. The molecule has 6 rings (SSSR count). The van der Waals surface area contributed by atoms with Crippen molar-refractivity contribution in [3.05, 3.63) is 24.3 Å². The minimum absolute atomic E-state index is 0.0304. The van der Waals surface area contributed by atoms with Crippen LogP contribution in [0.1, 0.15) is 139 Å². The number of esters is 2. The molecule has 0 radical (unpaired) electrons. The summed E-state index contributed by atoms with van der Waals surface area (Å²) in [6.45, 7) is 23.7. The Hall–Kier alpha value is -3.85. The van der Waals surface area contributed by atoms with Crippen LogP contribution < -0.4 is 5.32 Å². The third-order valence-electron chi connectivity index (χ3n) is 17.1. The number of nitrogens with one attached hydrogen (secondary N) is 1. The maximum Gasteiger partial charge on any atom is 0.311 e. The van der Waals surface area contributed by atoms with Crippen LogP contribution in [0.25, 0.3) is 0 Å². The van der Waals surface area contributed by atoms with E-state index >= 15 is 9.59 Å². The third-order valence-corrected chi connectivity index (χ3v) is 17.1. The first-order valence-corrected chi connectivity index (χ1v) is 29.1. The number of ketones is 1. The lowest BCUT2D eigenvalue weighted by Gasteiger charge is -2.45. The fourth-order valence-electron chi connectivity index (χ4n) is 12.7. The van der Waals surface area contributed by atoms with Gasteiger partial charge >= 0.3 is 11.9 Å². The standard InChI is InChI=1S/C58H95N5O18/c1-28(2)19-43(64)78-49-35(9)48(30(4)27-74-57-52(72-15)51(71-14)45(65)38(12)77-57)80-55(69)37(11)50(79-44-20-31(5)63(26-33(7)75-44)40-22-39(23-40)61-54(68)42-25-59-17-18-60-42)34(8)47(29(3)24-58(13,70)53(67)36(49)10)81-56-46(66)41(62-73-16)21-32(6)76-56/h17-18,25,28-40,44-52,56-57,65-66,70H,19-24,26-27H2,1-16H3,(H,61,68)/b62-41+/t29-,30-,31?,32+,33-,34+,35-,36+,37+,38+,39-,40-,44-,45+,46+,47-,48+,49+,50-,51+,52+,56-,57?,58-/m0/s1. The first-order chi connectivity index (χ1) is 38.2. The number of hydrogen-bond acceptors (Lipinski definition) is 22. The number of cyclic esters (lactones) is 1. The summed E-state index contributed by atoms with van der Waals surface area (Å²) in [6, 6.07) is -0.0148. The van der Waals surface area contributed by atoms with Gasteiger partial charge in [-0.3, -0.25) is 29.1 Å². The number of aliphatic hydroxyl groups is 3. The number of amides is 1. The Morgan fingerprint density at radius 2 is 1.53 bits per heavy atom. The molecule has 4 aliphatic heterocycles. The molecule has 1 amide bonds. The molecule has 81 heavy (non-hydrogen) atoms. The quantitative estimate of drug-likeness (QED) is 0.124. The van der Waals surface area contributed by atoms with Gasteiger partial charge in [-0.1, -0.05) is 53.6 Å². The third kappa shape index (κ3) is 16.5. The molecule has 23 nitrogen and oxygen atoms in total. The number of nitrogens with zero attached hydrogens (tertiary/aromatic N) is 4. The summed E-state index contributed by atoms with van der Waals surface area (Å²) in [5, 5.41) is 42.3. The van der Waals surface area contributed by atoms with E-state index < -0.39 is 139 Å². The van der Waals surface area contributed by atoms with Gasteiger partial charge in [0.25, 0.3) is 5.91 Å². The van der Waals surface area contributed by atoms with Crippen LogP contribution in [0.2, 0.25) is 0 Å². The molecule has 1 saturated carbocycles. The summed E-state index contributed by atoms with van der Waals surface area (Å²) < 4.78 is 63.9. The van der Waals surface area contributed by atoms with E-state index in [1.165, 1.54) is 46.8 Å². The van der Waals surface area contributed by atoms with Crippen molar-refractivity contribution in [1.82, 2.24) is 20.2 Å². The van der Waals surface area contributed by atoms with Crippen LogP contribution in [0.4, 0.5) is 0 Å². The van der Waals surface area contributed by atoms with Crippen molar-refractivity contribution < 1.29 is 86.7 Å². The van der Waals surface area contributed by atoms with Gasteiger partial charge in [-0.15, -0.1) is 0 Å². The minimum atomic E-state index is -2.05. The number of carbonyl (C=O) groups excluding carboxylic acids is 4. The first-order valence-electron chi connectivity index (χ1n) is 29.1. The second kappa shape index (κ2) is 29.3. The number of rotatable bonds is 17. The number of aromatic nitrogens is 2. The molecule has 5 aliphatic rings. The van der Waals surface area contributed by atoms with Crippen LogP contribution in [0.5, 0.6) is 0 Å². The Labute approximate surface area is 478 Å². The van der Waals surface area contributed by atoms with Crippen LogP contribution in [0.15, 0.2) is 23.7 Å². The SMILES string of the molecule is CO/N=C1\C[C@@H](C)O[C@@H](O[C@@H]2[C@@H](C)[C@H](O[C@H]3CC(C)N([C@H]4C[C@H](NC(=O)c5cnccn5)C4)C[C@H](C)O3)[C@@H](C)C(=O)O[C@H]([C@@H](C)COC3O[C@H](C)[C@@H](O)[C@@H](OC)[C@H]3OC)[C@H](C)[C@@H](OC(=O)CC(C)C)[C@@H](C)C(=O)[C@@](C)(O)C[C@@H]2C)[C@@H]1O. The average Bonchev–Trinajstić information content (AvgIpc) is 3.63. The lowest BCUT2D eigenvalue weighted by atomic mass is 9.74. The number of hydrogen-bond donors (Lipinski definition) is 4. The van der Waals surface area contributed by atoms with Crippen molar-refractivity contribution in [2.75, 3.05) is 34.5 Å². The van der Waals surface area contributed by atoms with Gasteiger partial charge < -0.3 is 72.8 Å². The number of methoxy groups -OCH3 is 2. The molecule has 0 aromatic carbocycles. The van der Waals surface area contributed by atoms with Gasteiger partial charge in [0.05, 0.1) is 60.9 Å². The predicted octanol–water partition coefficient (Wildman–Crippen LogP) is 4.39. The van der Waals surface area contributed by atoms with Gasteiger partial charge in [0.2, 0.25) is 0 Å². The molecular formula is C58H95N5O18. The zero-order valence-electron chi connectivity index (χ0n) is 50.5. The zero-order chi connectivity index (χ0) is 59.8. The lowest BCUT2D eigenvalue weighted by molar-refractivity contribution is -0.305. The summed E-state index contributed by atoms with van der Waals surface area (Å²) in [7, 11) is 4.29. The Morgan fingerprint density at radius 1 is 0.840 bits per heavy atom. The van der Waals surface area contributed by atoms with Crippen molar-refractivity contribution in [2.24, 2.45) is 46.6 Å². The molecule has 0 bridgehead atoms. The van der Waals surface area contributed by atoms with E-state index in [4.69, 9.17) is 52.2 Å². The minimum Gasteiger partial charge on any atom is -0.461 e. The van der Waals surface area contributed by atoms with E-state index in [2.05, 4.69) is 32.3 Å². The van der Waals surface area contributed by atoms with Gasteiger partial charge in [-0.05, 0) is 72.6 Å². The normalized spacial score (nSPS) is 41.5. The summed E-state index contributed by atoms with van der Waals surface area (Å²) in [5.41, 5.74) is -1.51. The molecule has 4 saturated heterocycles. The molecule has 22 atom stereocenters. The van der Waals surface area contributed by atoms with Gasteiger partial charge in [0.15, 0.2) is 24.7 Å². The highest BCUT2D eigenvalue weighted by molar-refractivity contribution is 5.92. The molecule has 5 fully saturated rings. The molecule has 460 valence electrons. The Morgan fingerprint density at radius 3 is 2.16 bits per heavy atom. The smallest absolute Gasteiger partial charge is 0.311 e. The number of carbonyl (C=O) groups is 4. The van der Waals surface area contributed by atoms with Gasteiger partial charge in [-0.2, -0.15) is 0 Å². The maximum atomic E-state index is 15.4. The molecule has 5 heterocycles. The molecule has 0 spiro atoms. The van der Waals surface area contributed by atoms with Crippen molar-refractivity contribution in [3.8, 4) is 0 Å². The summed E-state index contributed by atoms with van der Waals surface area (Å²) >= 11 is 0. The fraction of sp³-hybridized carbons (Fsp3) is 0.845. The Kier molecular flexibility index (Phi) is 24.0. The van der Waals surface area contributed by atoms with Crippen LogP contribution in [-0.2, 0) is 66.6 Å². The van der Waals surface area contributed by atoms with E-state index in [-0.39, 0.29) is 67.6 Å². The average molecular weight is 1150 g/mol. The van der Waals surface area contributed by atoms with Gasteiger partial charge in [-0.25, -0.2) is 4.98 Å². The monoisotopic (exact) mass is 1150 g/mol. The maximum absolute atomic E-state index is 15.4.